The van der Waals surface area contributed by atoms with Crippen molar-refractivity contribution < 1.29 is 18.3 Å². The highest BCUT2D eigenvalue weighted by Gasteiger charge is 2.14. The van der Waals surface area contributed by atoms with E-state index in [4.69, 9.17) is 16.3 Å². The van der Waals surface area contributed by atoms with Crippen molar-refractivity contribution in [1.82, 2.24) is 4.98 Å². The van der Waals surface area contributed by atoms with E-state index in [2.05, 4.69) is 4.98 Å². The number of hydrogen-bond donors (Lipinski definition) is 1. The number of hydrogen-bond acceptors (Lipinski definition) is 2. The van der Waals surface area contributed by atoms with E-state index in [1.807, 2.05) is 6.07 Å². The summed E-state index contributed by atoms with van der Waals surface area (Å²) < 4.78 is 28.4. The van der Waals surface area contributed by atoms with Gasteiger partial charge in [-0.2, -0.15) is 0 Å². The summed E-state index contributed by atoms with van der Waals surface area (Å²) in [4.78, 5) is 14.9. The largest absolute Gasteiger partial charge is 0.375 e. The Balaban J connectivity index is 2.05. The molecule has 0 saturated carbocycles. The fourth-order valence-electron chi connectivity index (χ4n) is 1.83. The van der Waals surface area contributed by atoms with Crippen LogP contribution in [0.4, 0.5) is 8.78 Å². The number of ketones is 1. The fraction of sp³-hybridized carbons (Fsp3) is 0.308. The van der Waals surface area contributed by atoms with Crippen molar-refractivity contribution >= 4 is 28.3 Å². The lowest BCUT2D eigenvalue weighted by Crippen LogP contribution is -2.09. The highest BCUT2D eigenvalue weighted by Crippen LogP contribution is 2.27. The molecule has 0 unspecified atom stereocenters. The highest BCUT2D eigenvalue weighted by molar-refractivity contribution is 6.36. The maximum Gasteiger partial charge on any atom is 0.261 e. The third-order valence-corrected chi connectivity index (χ3v) is 2.99. The smallest absolute Gasteiger partial charge is 0.261 e. The molecule has 1 N–H and O–H groups in total. The monoisotopic (exact) mass is 287 g/mol. The van der Waals surface area contributed by atoms with Crippen LogP contribution < -0.4 is 0 Å². The minimum atomic E-state index is -2.52. The van der Waals surface area contributed by atoms with Crippen molar-refractivity contribution in [3.8, 4) is 0 Å². The number of aromatic nitrogens is 1. The summed E-state index contributed by atoms with van der Waals surface area (Å²) in [5.74, 6) is -0.186. The summed E-state index contributed by atoms with van der Waals surface area (Å²) >= 11 is 6.05. The van der Waals surface area contributed by atoms with Gasteiger partial charge < -0.3 is 9.72 Å². The van der Waals surface area contributed by atoms with Crippen LogP contribution >= 0.6 is 11.6 Å². The molecule has 0 spiro atoms. The maximum atomic E-state index is 12.0. The van der Waals surface area contributed by atoms with Gasteiger partial charge in [-0.25, -0.2) is 8.78 Å². The van der Waals surface area contributed by atoms with Crippen molar-refractivity contribution in [1.29, 1.82) is 0 Å². The summed E-state index contributed by atoms with van der Waals surface area (Å²) in [6, 6.07) is 5.29. The van der Waals surface area contributed by atoms with Gasteiger partial charge in [0.05, 0.1) is 11.6 Å². The van der Waals surface area contributed by atoms with Gasteiger partial charge in [-0.05, 0) is 12.1 Å². The molecule has 0 aliphatic rings. The lowest BCUT2D eigenvalue weighted by atomic mass is 10.1. The van der Waals surface area contributed by atoms with E-state index in [9.17, 15) is 13.6 Å². The Morgan fingerprint density at radius 3 is 2.95 bits per heavy atom. The topological polar surface area (TPSA) is 42.1 Å². The lowest BCUT2D eigenvalue weighted by Gasteiger charge is -2.03. The molecular formula is C13H12ClF2NO2. The molecule has 0 saturated heterocycles. The van der Waals surface area contributed by atoms with E-state index in [1.165, 1.54) is 0 Å². The summed E-state index contributed by atoms with van der Waals surface area (Å²) in [6.07, 6.45) is -0.894. The molecule has 0 aliphatic carbocycles. The Kier molecular flexibility index (Phi) is 4.50. The first-order chi connectivity index (χ1) is 9.09. The van der Waals surface area contributed by atoms with Gasteiger partial charge in [0, 0.05) is 29.1 Å². The normalized spacial score (nSPS) is 11.4. The number of carbonyl (C=O) groups excluding carboxylic acids is 1. The van der Waals surface area contributed by atoms with Crippen LogP contribution in [0.3, 0.4) is 0 Å². The molecule has 102 valence electrons. The first-order valence-corrected chi connectivity index (χ1v) is 6.12. The molecule has 0 bridgehead atoms. The van der Waals surface area contributed by atoms with Crippen LogP contribution in [0.25, 0.3) is 10.9 Å². The first-order valence-electron chi connectivity index (χ1n) is 5.74. The third-order valence-electron chi connectivity index (χ3n) is 2.67. The van der Waals surface area contributed by atoms with Gasteiger partial charge in [-0.3, -0.25) is 4.79 Å². The fourth-order valence-corrected chi connectivity index (χ4v) is 2.11. The Morgan fingerprint density at radius 2 is 2.21 bits per heavy atom. The zero-order valence-corrected chi connectivity index (χ0v) is 10.7. The van der Waals surface area contributed by atoms with Crippen LogP contribution in [-0.2, 0) is 4.74 Å². The number of benzene rings is 1. The molecule has 0 amide bonds. The molecule has 1 heterocycles. The summed E-state index contributed by atoms with van der Waals surface area (Å²) in [5.41, 5.74) is 1.23. The molecule has 3 nitrogen and oxygen atoms in total. The second-order valence-corrected chi connectivity index (χ2v) is 4.41. The second-order valence-electron chi connectivity index (χ2n) is 4.00. The second kappa shape index (κ2) is 6.12. The first kappa shape index (κ1) is 14.0. The van der Waals surface area contributed by atoms with Crippen LogP contribution in [0.5, 0.6) is 0 Å². The summed E-state index contributed by atoms with van der Waals surface area (Å²) in [6.45, 7) is -0.678. The van der Waals surface area contributed by atoms with Gasteiger partial charge in [0.25, 0.3) is 6.43 Å². The van der Waals surface area contributed by atoms with E-state index in [1.54, 1.807) is 18.3 Å². The van der Waals surface area contributed by atoms with Crippen LogP contribution in [0, 0.1) is 0 Å². The predicted octanol–water partition coefficient (Wildman–Crippen LogP) is 3.68. The number of ether oxygens (including phenoxy) is 1. The molecule has 1 aromatic heterocycles. The average molecular weight is 288 g/mol. The molecule has 0 radical (unpaired) electrons. The number of H-pyrrole nitrogens is 1. The Morgan fingerprint density at radius 1 is 1.42 bits per heavy atom. The standard InChI is InChI=1S/C13H12ClF2NO2/c14-9-2-1-3-10-13(9)8(6-17-10)11(18)4-5-19-7-12(15)16/h1-3,6,12,17H,4-5,7H2. The Labute approximate surface area is 113 Å². The number of nitrogens with one attached hydrogen (secondary N) is 1. The van der Waals surface area contributed by atoms with Crippen molar-refractivity contribution in [2.45, 2.75) is 12.8 Å². The zero-order chi connectivity index (χ0) is 13.8. The van der Waals surface area contributed by atoms with E-state index >= 15 is 0 Å². The van der Waals surface area contributed by atoms with Gasteiger partial charge in [0.2, 0.25) is 0 Å². The van der Waals surface area contributed by atoms with Crippen LogP contribution in [0.15, 0.2) is 24.4 Å². The quantitative estimate of drug-likeness (QED) is 0.650. The number of alkyl halides is 2. The minimum absolute atomic E-state index is 0.0275. The van der Waals surface area contributed by atoms with E-state index < -0.39 is 13.0 Å². The SMILES string of the molecule is O=C(CCOCC(F)F)c1c[nH]c2cccc(Cl)c12. The number of halogens is 3. The van der Waals surface area contributed by atoms with Crippen molar-refractivity contribution in [2.75, 3.05) is 13.2 Å². The molecule has 2 rings (SSSR count). The summed E-state index contributed by atoms with van der Waals surface area (Å²) in [5, 5.41) is 1.14. The highest BCUT2D eigenvalue weighted by atomic mass is 35.5. The van der Waals surface area contributed by atoms with Crippen LogP contribution in [0.1, 0.15) is 16.8 Å². The van der Waals surface area contributed by atoms with Crippen molar-refractivity contribution in [3.05, 3.63) is 35.0 Å². The van der Waals surface area contributed by atoms with E-state index in [0.717, 1.165) is 5.52 Å². The van der Waals surface area contributed by atoms with Crippen LogP contribution in [0.2, 0.25) is 5.02 Å². The van der Waals surface area contributed by atoms with Gasteiger partial charge in [0.15, 0.2) is 5.78 Å². The lowest BCUT2D eigenvalue weighted by molar-refractivity contribution is 0.0170. The molecule has 0 atom stereocenters. The maximum absolute atomic E-state index is 12.0. The summed E-state index contributed by atoms with van der Waals surface area (Å²) in [7, 11) is 0. The molecule has 0 fully saturated rings. The van der Waals surface area contributed by atoms with E-state index in [-0.39, 0.29) is 18.8 Å². The van der Waals surface area contributed by atoms with E-state index in [0.29, 0.717) is 16.0 Å². The van der Waals surface area contributed by atoms with Gasteiger partial charge in [-0.15, -0.1) is 0 Å². The predicted molar refractivity (Wildman–Crippen MR) is 69.1 cm³/mol. The number of fused-ring (bicyclic) bond motifs is 1. The third kappa shape index (κ3) is 3.30. The molecule has 19 heavy (non-hydrogen) atoms. The van der Waals surface area contributed by atoms with Crippen molar-refractivity contribution in [3.63, 3.8) is 0 Å². The molecule has 2 aromatic rings. The number of carbonyl (C=O) groups is 1. The van der Waals surface area contributed by atoms with Crippen LogP contribution in [-0.4, -0.2) is 30.4 Å². The van der Waals surface area contributed by atoms with Gasteiger partial charge in [-0.1, -0.05) is 17.7 Å². The van der Waals surface area contributed by atoms with Gasteiger partial charge >= 0.3 is 0 Å². The number of aromatic amines is 1. The average Bonchev–Trinajstić information content (AvgIpc) is 2.79. The van der Waals surface area contributed by atoms with Gasteiger partial charge in [0.1, 0.15) is 6.61 Å². The number of rotatable bonds is 6. The van der Waals surface area contributed by atoms with Crippen molar-refractivity contribution in [2.24, 2.45) is 0 Å². The minimum Gasteiger partial charge on any atom is -0.375 e. The molecule has 6 heteroatoms. The molecule has 1 aromatic carbocycles. The Bertz CT molecular complexity index is 583. The molecule has 0 aliphatic heterocycles. The number of Topliss-reactive ketones (excluding diaryl/α,β-unsaturated/α-hetero) is 1. The molecular weight excluding hydrogens is 276 g/mol. The Hall–Kier alpha value is -1.46. The zero-order valence-electron chi connectivity index (χ0n) is 9.96.